The summed E-state index contributed by atoms with van der Waals surface area (Å²) in [5.41, 5.74) is 0.649. The van der Waals surface area contributed by atoms with E-state index in [1.54, 1.807) is 6.07 Å². The first-order valence-electron chi connectivity index (χ1n) is 13.3. The van der Waals surface area contributed by atoms with Gasteiger partial charge < -0.3 is 17.6 Å². The Morgan fingerprint density at radius 3 is 1.34 bits per heavy atom. The molecule has 220 valence electrons. The van der Waals surface area contributed by atoms with Crippen molar-refractivity contribution in [2.24, 2.45) is 0 Å². The third-order valence-electron chi connectivity index (χ3n) is 5.89. The molecule has 0 heterocycles. The Morgan fingerprint density at radius 2 is 1.03 bits per heavy atom. The van der Waals surface area contributed by atoms with Crippen molar-refractivity contribution in [3.63, 3.8) is 0 Å². The first-order valence-corrected chi connectivity index (χ1v) is 13.3. The van der Waals surface area contributed by atoms with Gasteiger partial charge in [0.05, 0.1) is 18.2 Å². The number of unbranched alkanes of at least 4 members (excludes halogenated alkanes) is 16. The standard InChI is InChI=1S/C20H39F3O.C8H6FNO.CH3.Cs.Pd/c21-20(22,23)18-16-14-12-10-8-6-4-2-1-3-5-7-9-11-13-15-17-19-24;9-8-2-6(4-10)1-7(3-8)5-11;;;/h24H,1-19H2;1-3,11H,5H2;1H3;;/q;;-1;+1;. The van der Waals surface area contributed by atoms with Gasteiger partial charge in [0, 0.05) is 33.5 Å². The fraction of sp³-hybridized carbons (Fsp3) is 0.724. The van der Waals surface area contributed by atoms with Crippen molar-refractivity contribution >= 4 is 0 Å². The predicted octanol–water partition coefficient (Wildman–Crippen LogP) is 6.20. The van der Waals surface area contributed by atoms with Gasteiger partial charge in [-0.2, -0.15) is 18.4 Å². The maximum absolute atomic E-state index is 12.5. The number of halogens is 4. The average Bonchev–Trinajstić information content (AvgIpc) is 2.82. The molecule has 38 heavy (non-hydrogen) atoms. The maximum atomic E-state index is 12.5. The Labute approximate surface area is 302 Å². The van der Waals surface area contributed by atoms with Crippen molar-refractivity contribution in [3.05, 3.63) is 42.6 Å². The summed E-state index contributed by atoms with van der Waals surface area (Å²) in [6, 6.07) is 5.56. The molecule has 0 aliphatic carbocycles. The molecule has 0 fully saturated rings. The van der Waals surface area contributed by atoms with Crippen LogP contribution < -0.4 is 68.9 Å². The molecule has 1 aromatic carbocycles. The fourth-order valence-electron chi connectivity index (χ4n) is 3.90. The molecule has 0 aromatic heterocycles. The van der Waals surface area contributed by atoms with Crippen LogP contribution in [0.1, 0.15) is 127 Å². The summed E-state index contributed by atoms with van der Waals surface area (Å²) < 4.78 is 48.4. The van der Waals surface area contributed by atoms with E-state index in [1.165, 1.54) is 89.2 Å². The molecule has 0 saturated heterocycles. The summed E-state index contributed by atoms with van der Waals surface area (Å²) in [4.78, 5) is 0. The molecule has 0 saturated carbocycles. The average molecular weight is 758 g/mol. The zero-order valence-corrected chi connectivity index (χ0v) is 31.4. The van der Waals surface area contributed by atoms with Crippen molar-refractivity contribution in [3.8, 4) is 6.07 Å². The summed E-state index contributed by atoms with van der Waals surface area (Å²) in [5, 5.41) is 25.7. The third-order valence-corrected chi connectivity index (χ3v) is 5.89. The molecule has 0 aliphatic rings. The summed E-state index contributed by atoms with van der Waals surface area (Å²) in [6.07, 6.45) is 14.9. The minimum Gasteiger partial charge on any atom is -0.396 e. The van der Waals surface area contributed by atoms with E-state index in [0.717, 1.165) is 31.7 Å². The molecule has 0 unspecified atom stereocenters. The van der Waals surface area contributed by atoms with Crippen LogP contribution in [0.3, 0.4) is 0 Å². The summed E-state index contributed by atoms with van der Waals surface area (Å²) >= 11 is 0. The SMILES string of the molecule is N#Cc1cc(F)cc(CO)c1.OCCCCCCCCCCCCCCCCCCCC(F)(F)F.[CH3-].[Cs+].[Pd]. The van der Waals surface area contributed by atoms with Crippen LogP contribution in [0.2, 0.25) is 0 Å². The number of alkyl halides is 3. The molecule has 2 N–H and O–H groups in total. The van der Waals surface area contributed by atoms with E-state index in [1.807, 2.05) is 0 Å². The van der Waals surface area contributed by atoms with Gasteiger partial charge in [-0.05, 0) is 36.6 Å². The number of benzene rings is 1. The van der Waals surface area contributed by atoms with Gasteiger partial charge in [-0.25, -0.2) is 4.39 Å². The van der Waals surface area contributed by atoms with E-state index in [4.69, 9.17) is 15.5 Å². The predicted molar refractivity (Wildman–Crippen MR) is 140 cm³/mol. The number of nitrogens with zero attached hydrogens (tertiary/aromatic N) is 1. The van der Waals surface area contributed by atoms with Crippen LogP contribution in [0.4, 0.5) is 17.6 Å². The first kappa shape index (κ1) is 46.0. The second-order valence-corrected chi connectivity index (χ2v) is 9.22. The van der Waals surface area contributed by atoms with Gasteiger partial charge in [0.15, 0.2) is 0 Å². The van der Waals surface area contributed by atoms with E-state index in [9.17, 15) is 17.6 Å². The third kappa shape index (κ3) is 33.3. The maximum Gasteiger partial charge on any atom is 1.00 e. The van der Waals surface area contributed by atoms with Crippen LogP contribution in [0.25, 0.3) is 0 Å². The number of hydrogen-bond donors (Lipinski definition) is 2. The molecular weight excluding hydrogens is 710 g/mol. The zero-order valence-electron chi connectivity index (χ0n) is 23.5. The van der Waals surface area contributed by atoms with Gasteiger partial charge in [-0.1, -0.05) is 96.3 Å². The topological polar surface area (TPSA) is 64.2 Å². The zero-order chi connectivity index (χ0) is 26.2. The van der Waals surface area contributed by atoms with Crippen LogP contribution in [0.15, 0.2) is 18.2 Å². The Kier molecular flexibility index (Phi) is 39.5. The van der Waals surface area contributed by atoms with Gasteiger partial charge >= 0.3 is 75.1 Å². The monoisotopic (exact) mass is 757 g/mol. The molecule has 1 rings (SSSR count). The molecule has 0 bridgehead atoms. The number of rotatable bonds is 19. The van der Waals surface area contributed by atoms with E-state index in [-0.39, 0.29) is 109 Å². The van der Waals surface area contributed by atoms with Crippen molar-refractivity contribution in [2.45, 2.75) is 128 Å². The minimum atomic E-state index is -3.97. The molecule has 1 aromatic rings. The van der Waals surface area contributed by atoms with Crippen molar-refractivity contribution in [2.75, 3.05) is 6.61 Å². The molecule has 0 aliphatic heterocycles. The number of nitriles is 1. The Hall–Kier alpha value is 1.06. The summed E-state index contributed by atoms with van der Waals surface area (Å²) in [7, 11) is 0. The molecule has 0 atom stereocenters. The number of hydrogen-bond acceptors (Lipinski definition) is 3. The van der Waals surface area contributed by atoms with Gasteiger partial charge in [-0.3, -0.25) is 0 Å². The molecule has 0 radical (unpaired) electrons. The van der Waals surface area contributed by atoms with E-state index in [0.29, 0.717) is 18.6 Å². The van der Waals surface area contributed by atoms with E-state index < -0.39 is 18.4 Å². The molecule has 0 amide bonds. The van der Waals surface area contributed by atoms with Crippen LogP contribution in [0, 0.1) is 24.6 Å². The smallest absolute Gasteiger partial charge is 0.396 e. The van der Waals surface area contributed by atoms with Crippen LogP contribution in [-0.2, 0) is 27.0 Å². The van der Waals surface area contributed by atoms with Gasteiger partial charge in [0.1, 0.15) is 5.82 Å². The van der Waals surface area contributed by atoms with E-state index in [2.05, 4.69) is 0 Å². The molecule has 0 spiro atoms. The van der Waals surface area contributed by atoms with Gasteiger partial charge in [0.2, 0.25) is 0 Å². The Balaban J connectivity index is -0.000000349. The van der Waals surface area contributed by atoms with Crippen molar-refractivity contribution < 1.29 is 117 Å². The second kappa shape index (κ2) is 32.6. The Morgan fingerprint density at radius 1 is 0.658 bits per heavy atom. The first-order chi connectivity index (χ1) is 16.8. The largest absolute Gasteiger partial charge is 1.00 e. The Bertz CT molecular complexity index is 673. The van der Waals surface area contributed by atoms with Crippen LogP contribution >= 0.6 is 0 Å². The van der Waals surface area contributed by atoms with Crippen LogP contribution in [-0.4, -0.2) is 23.0 Å². The van der Waals surface area contributed by atoms with E-state index >= 15 is 0 Å². The van der Waals surface area contributed by atoms with Crippen molar-refractivity contribution in [1.29, 1.82) is 5.26 Å². The minimum absolute atomic E-state index is 0. The molecule has 3 nitrogen and oxygen atoms in total. The van der Waals surface area contributed by atoms with Gasteiger partial charge in [-0.15, -0.1) is 0 Å². The fourth-order valence-corrected chi connectivity index (χ4v) is 3.90. The molecule has 9 heteroatoms. The van der Waals surface area contributed by atoms with Gasteiger partial charge in [0.25, 0.3) is 0 Å². The van der Waals surface area contributed by atoms with Crippen molar-refractivity contribution in [1.82, 2.24) is 0 Å². The number of aliphatic hydroxyl groups excluding tert-OH is 2. The quantitative estimate of drug-likeness (QED) is 0.0765. The summed E-state index contributed by atoms with van der Waals surface area (Å²) in [6.45, 7) is 0.0878. The normalized spacial score (nSPS) is 10.2. The number of aliphatic hydroxyl groups is 2. The van der Waals surface area contributed by atoms with Crippen LogP contribution in [0.5, 0.6) is 0 Å². The summed E-state index contributed by atoms with van der Waals surface area (Å²) in [5.74, 6) is -0.492. The molecular formula is C29H48CsF4NO2Pd. The second-order valence-electron chi connectivity index (χ2n) is 9.22.